The van der Waals surface area contributed by atoms with E-state index in [0.29, 0.717) is 28.8 Å². The van der Waals surface area contributed by atoms with Gasteiger partial charge in [0.2, 0.25) is 5.95 Å². The molecule has 0 spiro atoms. The number of nitrogens with one attached hydrogen (secondary N) is 2. The smallest absolute Gasteiger partial charge is 0.271 e. The molecule has 2 aromatic heterocycles. The maximum absolute atomic E-state index is 12.6. The molecule has 4 N–H and O–H groups in total. The van der Waals surface area contributed by atoms with Gasteiger partial charge in [0.15, 0.2) is 0 Å². The third-order valence-electron chi connectivity index (χ3n) is 4.76. The second-order valence-corrected chi connectivity index (χ2v) is 7.55. The first-order chi connectivity index (χ1) is 14.9. The molecule has 0 saturated carbocycles. The summed E-state index contributed by atoms with van der Waals surface area (Å²) in [6, 6.07) is 5.27. The summed E-state index contributed by atoms with van der Waals surface area (Å²) in [6.45, 7) is 3.87. The molecular formula is C21H25ClN6O3. The minimum Gasteiger partial charge on any atom is -0.396 e. The average Bonchev–Trinajstić information content (AvgIpc) is 3.23. The van der Waals surface area contributed by atoms with Gasteiger partial charge in [-0.2, -0.15) is 4.98 Å². The zero-order chi connectivity index (χ0) is 22.4. The number of aliphatic hydroxyl groups excluding tert-OH is 2. The Morgan fingerprint density at radius 2 is 2.10 bits per heavy atom. The van der Waals surface area contributed by atoms with Crippen LogP contribution < -0.4 is 10.6 Å². The summed E-state index contributed by atoms with van der Waals surface area (Å²) in [7, 11) is 0. The van der Waals surface area contributed by atoms with E-state index in [2.05, 4.69) is 25.6 Å². The van der Waals surface area contributed by atoms with Gasteiger partial charge in [-0.1, -0.05) is 23.7 Å². The molecule has 31 heavy (non-hydrogen) atoms. The monoisotopic (exact) mass is 444 g/mol. The quantitative estimate of drug-likeness (QED) is 0.398. The summed E-state index contributed by atoms with van der Waals surface area (Å²) in [5, 5.41) is 24.9. The number of aromatic nitrogens is 4. The number of carbonyl (C=O) groups excluding carboxylic acids is 1. The van der Waals surface area contributed by atoms with Crippen LogP contribution in [0.3, 0.4) is 0 Å². The van der Waals surface area contributed by atoms with Crippen molar-refractivity contribution < 1.29 is 15.0 Å². The molecule has 10 heteroatoms. The molecule has 164 valence electrons. The van der Waals surface area contributed by atoms with Crippen molar-refractivity contribution in [1.29, 1.82) is 0 Å². The number of amides is 1. The van der Waals surface area contributed by atoms with Crippen molar-refractivity contribution in [3.8, 4) is 5.82 Å². The van der Waals surface area contributed by atoms with Crippen LogP contribution in [0.2, 0.25) is 5.02 Å². The van der Waals surface area contributed by atoms with Gasteiger partial charge >= 0.3 is 0 Å². The Bertz CT molecular complexity index is 1060. The van der Waals surface area contributed by atoms with E-state index in [-0.39, 0.29) is 37.4 Å². The minimum atomic E-state index is -0.357. The van der Waals surface area contributed by atoms with Crippen molar-refractivity contribution >= 4 is 23.5 Å². The van der Waals surface area contributed by atoms with E-state index in [0.717, 1.165) is 11.1 Å². The standard InChI is InChI=1S/C21H25ClN6O3/c1-13-8-24-21(26-14(2)6-7-29)27-19(13)28-10-18(25-12-28)20(31)23-9-15-4-3-5-17(22)16(15)11-30/h3-5,8,10,12,14,29-30H,6-7,9,11H2,1-2H3,(H,23,31)(H,24,26,27)/t14-/m1/s1. The molecule has 1 atom stereocenters. The molecule has 0 fully saturated rings. The number of imidazole rings is 1. The Balaban J connectivity index is 1.72. The Morgan fingerprint density at radius 3 is 2.84 bits per heavy atom. The number of carbonyl (C=O) groups is 1. The van der Waals surface area contributed by atoms with Crippen molar-refractivity contribution in [3.05, 3.63) is 64.3 Å². The lowest BCUT2D eigenvalue weighted by molar-refractivity contribution is 0.0946. The number of aryl methyl sites for hydroxylation is 1. The molecule has 3 aromatic rings. The molecule has 9 nitrogen and oxygen atoms in total. The van der Waals surface area contributed by atoms with Crippen LogP contribution in [0.15, 0.2) is 36.9 Å². The van der Waals surface area contributed by atoms with Gasteiger partial charge in [0.05, 0.1) is 6.61 Å². The van der Waals surface area contributed by atoms with Crippen LogP contribution in [0.5, 0.6) is 0 Å². The van der Waals surface area contributed by atoms with Crippen LogP contribution in [-0.4, -0.2) is 48.3 Å². The normalized spacial score (nSPS) is 11.9. The lowest BCUT2D eigenvalue weighted by atomic mass is 10.1. The number of hydrogen-bond acceptors (Lipinski definition) is 7. The summed E-state index contributed by atoms with van der Waals surface area (Å²) in [6.07, 6.45) is 5.37. The number of benzene rings is 1. The molecule has 3 rings (SSSR count). The van der Waals surface area contributed by atoms with Crippen LogP contribution in [0.25, 0.3) is 5.82 Å². The highest BCUT2D eigenvalue weighted by atomic mass is 35.5. The van der Waals surface area contributed by atoms with Crippen LogP contribution >= 0.6 is 11.6 Å². The maximum atomic E-state index is 12.6. The number of hydrogen-bond donors (Lipinski definition) is 4. The second-order valence-electron chi connectivity index (χ2n) is 7.14. The SMILES string of the molecule is Cc1cnc(N[C@H](C)CCO)nc1-n1cnc(C(=O)NCc2cccc(Cl)c2CO)c1. The van der Waals surface area contributed by atoms with Crippen molar-refractivity contribution in [3.63, 3.8) is 0 Å². The molecule has 1 amide bonds. The molecule has 0 aliphatic carbocycles. The molecule has 0 unspecified atom stereocenters. The minimum absolute atomic E-state index is 0.0139. The predicted molar refractivity (Wildman–Crippen MR) is 117 cm³/mol. The average molecular weight is 445 g/mol. The van der Waals surface area contributed by atoms with E-state index in [4.69, 9.17) is 16.7 Å². The molecule has 0 aliphatic heterocycles. The summed E-state index contributed by atoms with van der Waals surface area (Å²) in [5.41, 5.74) is 2.37. The van der Waals surface area contributed by atoms with Gasteiger partial charge in [-0.3, -0.25) is 9.36 Å². The van der Waals surface area contributed by atoms with Gasteiger partial charge in [0.1, 0.15) is 17.8 Å². The molecule has 0 aliphatic rings. The van der Waals surface area contributed by atoms with E-state index in [1.165, 1.54) is 6.33 Å². The molecule has 1 aromatic carbocycles. The third kappa shape index (κ3) is 5.57. The van der Waals surface area contributed by atoms with E-state index < -0.39 is 0 Å². The zero-order valence-corrected chi connectivity index (χ0v) is 18.1. The van der Waals surface area contributed by atoms with Crippen LogP contribution in [0.1, 0.15) is 40.5 Å². The molecule has 2 heterocycles. The molecule has 0 saturated heterocycles. The van der Waals surface area contributed by atoms with Crippen molar-refractivity contribution in [2.75, 3.05) is 11.9 Å². The lowest BCUT2D eigenvalue weighted by Gasteiger charge is -2.14. The Morgan fingerprint density at radius 1 is 1.29 bits per heavy atom. The fourth-order valence-corrected chi connectivity index (χ4v) is 3.27. The lowest BCUT2D eigenvalue weighted by Crippen LogP contribution is -2.23. The summed E-state index contributed by atoms with van der Waals surface area (Å²) >= 11 is 6.09. The highest BCUT2D eigenvalue weighted by Gasteiger charge is 2.14. The Labute approximate surface area is 185 Å². The van der Waals surface area contributed by atoms with Crippen LogP contribution in [0, 0.1) is 6.92 Å². The Hall–Kier alpha value is -3.01. The molecule has 0 bridgehead atoms. The Kier molecular flexibility index (Phi) is 7.56. The fourth-order valence-electron chi connectivity index (χ4n) is 3.02. The molecular weight excluding hydrogens is 420 g/mol. The number of anilines is 1. The molecule has 0 radical (unpaired) electrons. The first-order valence-corrected chi connectivity index (χ1v) is 10.2. The van der Waals surface area contributed by atoms with Crippen molar-refractivity contribution in [2.45, 2.75) is 39.5 Å². The number of aliphatic hydroxyl groups is 2. The van der Waals surface area contributed by atoms with Crippen LogP contribution in [-0.2, 0) is 13.2 Å². The van der Waals surface area contributed by atoms with Gasteiger partial charge in [0.25, 0.3) is 5.91 Å². The topological polar surface area (TPSA) is 125 Å². The van der Waals surface area contributed by atoms with Gasteiger partial charge < -0.3 is 20.8 Å². The van der Waals surface area contributed by atoms with Gasteiger partial charge in [-0.05, 0) is 31.9 Å². The predicted octanol–water partition coefficient (Wildman–Crippen LogP) is 2.23. The third-order valence-corrected chi connectivity index (χ3v) is 5.11. The summed E-state index contributed by atoms with van der Waals surface area (Å²) in [5.74, 6) is 0.667. The van der Waals surface area contributed by atoms with Crippen molar-refractivity contribution in [2.24, 2.45) is 0 Å². The first-order valence-electron chi connectivity index (χ1n) is 9.83. The second kappa shape index (κ2) is 10.3. The van der Waals surface area contributed by atoms with Crippen LogP contribution in [0.4, 0.5) is 5.95 Å². The van der Waals surface area contributed by atoms with Gasteiger partial charge in [0, 0.05) is 47.7 Å². The van der Waals surface area contributed by atoms with E-state index in [9.17, 15) is 9.90 Å². The van der Waals surface area contributed by atoms with E-state index in [1.807, 2.05) is 13.8 Å². The summed E-state index contributed by atoms with van der Waals surface area (Å²) < 4.78 is 1.66. The summed E-state index contributed by atoms with van der Waals surface area (Å²) in [4.78, 5) is 25.5. The maximum Gasteiger partial charge on any atom is 0.271 e. The van der Waals surface area contributed by atoms with E-state index >= 15 is 0 Å². The van der Waals surface area contributed by atoms with E-state index in [1.54, 1.807) is 35.2 Å². The number of nitrogens with zero attached hydrogens (tertiary/aromatic N) is 4. The largest absolute Gasteiger partial charge is 0.396 e. The number of rotatable bonds is 9. The highest BCUT2D eigenvalue weighted by Crippen LogP contribution is 2.20. The zero-order valence-electron chi connectivity index (χ0n) is 17.3. The van der Waals surface area contributed by atoms with Gasteiger partial charge in [-0.25, -0.2) is 9.97 Å². The number of halogens is 1. The first kappa shape index (κ1) is 22.7. The van der Waals surface area contributed by atoms with Gasteiger partial charge in [-0.15, -0.1) is 0 Å². The van der Waals surface area contributed by atoms with Crippen molar-refractivity contribution in [1.82, 2.24) is 24.8 Å². The highest BCUT2D eigenvalue weighted by molar-refractivity contribution is 6.31. The fraction of sp³-hybridized carbons (Fsp3) is 0.333.